The first kappa shape index (κ1) is 25.6. The number of benzene rings is 1. The van der Waals surface area contributed by atoms with Crippen molar-refractivity contribution >= 4 is 17.6 Å². The molecule has 0 spiro atoms. The summed E-state index contributed by atoms with van der Waals surface area (Å²) in [6.07, 6.45) is 0.921. The Morgan fingerprint density at radius 1 is 1.06 bits per heavy atom. The molecule has 1 N–H and O–H groups in total. The Bertz CT molecular complexity index is 928. The second kappa shape index (κ2) is 9.88. The summed E-state index contributed by atoms with van der Waals surface area (Å²) in [5.41, 5.74) is 2.26. The van der Waals surface area contributed by atoms with Crippen molar-refractivity contribution in [2.75, 3.05) is 18.4 Å². The van der Waals surface area contributed by atoms with Gasteiger partial charge in [0.15, 0.2) is 0 Å². The van der Waals surface area contributed by atoms with Crippen LogP contribution < -0.4 is 5.32 Å². The van der Waals surface area contributed by atoms with Gasteiger partial charge in [-0.2, -0.15) is 5.10 Å². The predicted molar refractivity (Wildman–Crippen MR) is 131 cm³/mol. The minimum absolute atomic E-state index is 0.00723. The van der Waals surface area contributed by atoms with Gasteiger partial charge < -0.3 is 10.2 Å². The van der Waals surface area contributed by atoms with Crippen LogP contribution in [0.1, 0.15) is 83.9 Å². The van der Waals surface area contributed by atoms with Gasteiger partial charge in [0.05, 0.1) is 11.2 Å². The summed E-state index contributed by atoms with van der Waals surface area (Å²) in [4.78, 5) is 27.8. The number of nitrogens with zero attached hydrogens (tertiary/aromatic N) is 3. The third-order valence-corrected chi connectivity index (χ3v) is 5.20. The van der Waals surface area contributed by atoms with Crippen LogP contribution in [0.3, 0.4) is 0 Å². The molecule has 1 heterocycles. The number of aromatic nitrogens is 2. The van der Waals surface area contributed by atoms with Gasteiger partial charge in [-0.1, -0.05) is 53.7 Å². The van der Waals surface area contributed by atoms with Gasteiger partial charge in [-0.05, 0) is 50.8 Å². The summed E-state index contributed by atoms with van der Waals surface area (Å²) < 4.78 is 1.85. The van der Waals surface area contributed by atoms with E-state index in [1.165, 1.54) is 5.56 Å². The molecule has 0 aliphatic carbocycles. The van der Waals surface area contributed by atoms with E-state index in [0.29, 0.717) is 17.9 Å². The first-order valence-corrected chi connectivity index (χ1v) is 11.5. The van der Waals surface area contributed by atoms with E-state index < -0.39 is 0 Å². The molecule has 6 heteroatoms. The van der Waals surface area contributed by atoms with Gasteiger partial charge in [-0.3, -0.25) is 9.59 Å². The number of carbonyl (C=O) groups is 2. The third kappa shape index (κ3) is 6.68. The minimum Gasteiger partial charge on any atom is -0.329 e. The van der Waals surface area contributed by atoms with E-state index in [0.717, 1.165) is 12.1 Å². The Labute approximate surface area is 193 Å². The maximum Gasteiger partial charge on any atom is 0.254 e. The Kier molecular flexibility index (Phi) is 7.92. The van der Waals surface area contributed by atoms with Crippen molar-refractivity contribution in [1.29, 1.82) is 0 Å². The molecule has 6 nitrogen and oxygen atoms in total. The molecule has 0 saturated heterocycles. The highest BCUT2D eigenvalue weighted by Crippen LogP contribution is 2.28. The van der Waals surface area contributed by atoms with Gasteiger partial charge >= 0.3 is 0 Å². The Morgan fingerprint density at radius 3 is 2.12 bits per heavy atom. The first-order valence-electron chi connectivity index (χ1n) is 11.5. The number of hydrogen-bond acceptors (Lipinski definition) is 3. The van der Waals surface area contributed by atoms with Crippen LogP contribution in [0.15, 0.2) is 30.3 Å². The zero-order valence-electron chi connectivity index (χ0n) is 21.2. The van der Waals surface area contributed by atoms with Crippen molar-refractivity contribution in [2.45, 2.75) is 79.7 Å². The molecule has 0 fully saturated rings. The molecule has 0 saturated carbocycles. The van der Waals surface area contributed by atoms with Crippen LogP contribution in [-0.2, 0) is 22.2 Å². The standard InChI is InChI=1S/C26H40N4O2/c1-10-19-11-13-20(14-12-19)24(32)29(16-18(2)3)17-23(31)27-22-15-21(25(4,5)6)28-30(22)26(7,8)9/h11-15,18H,10,16-17H2,1-9H3,(H,27,31). The average molecular weight is 441 g/mol. The zero-order chi connectivity index (χ0) is 24.3. The van der Waals surface area contributed by atoms with Crippen molar-refractivity contribution in [3.8, 4) is 0 Å². The molecule has 0 aliphatic heterocycles. The molecule has 0 bridgehead atoms. The lowest BCUT2D eigenvalue weighted by molar-refractivity contribution is -0.117. The molecular weight excluding hydrogens is 400 g/mol. The number of hydrogen-bond donors (Lipinski definition) is 1. The summed E-state index contributed by atoms with van der Waals surface area (Å²) in [6, 6.07) is 9.56. The van der Waals surface area contributed by atoms with Crippen LogP contribution in [0.2, 0.25) is 0 Å². The van der Waals surface area contributed by atoms with E-state index in [-0.39, 0.29) is 35.2 Å². The number of rotatable bonds is 7. The van der Waals surface area contributed by atoms with Gasteiger partial charge in [0.1, 0.15) is 12.4 Å². The molecule has 0 aliphatic rings. The quantitative estimate of drug-likeness (QED) is 0.641. The maximum absolute atomic E-state index is 13.2. The molecular formula is C26H40N4O2. The van der Waals surface area contributed by atoms with Gasteiger partial charge in [0.2, 0.25) is 5.91 Å². The van der Waals surface area contributed by atoms with E-state index in [9.17, 15) is 9.59 Å². The van der Waals surface area contributed by atoms with Gasteiger partial charge in [0, 0.05) is 23.6 Å². The SMILES string of the molecule is CCc1ccc(C(=O)N(CC(=O)Nc2cc(C(C)(C)C)nn2C(C)(C)C)CC(C)C)cc1. The largest absolute Gasteiger partial charge is 0.329 e. The summed E-state index contributed by atoms with van der Waals surface area (Å²) in [7, 11) is 0. The van der Waals surface area contributed by atoms with Crippen LogP contribution >= 0.6 is 0 Å². The lowest BCUT2D eigenvalue weighted by Crippen LogP contribution is -2.40. The number of amides is 2. The maximum atomic E-state index is 13.2. The molecule has 0 radical (unpaired) electrons. The summed E-state index contributed by atoms with van der Waals surface area (Å²) in [6.45, 7) is 19.1. The summed E-state index contributed by atoms with van der Waals surface area (Å²) in [5.74, 6) is 0.539. The van der Waals surface area contributed by atoms with Gasteiger partial charge in [-0.15, -0.1) is 0 Å². The van der Waals surface area contributed by atoms with Crippen molar-refractivity contribution in [2.24, 2.45) is 5.92 Å². The fourth-order valence-corrected chi connectivity index (χ4v) is 3.43. The fraction of sp³-hybridized carbons (Fsp3) is 0.577. The lowest BCUT2D eigenvalue weighted by Gasteiger charge is -2.26. The molecule has 0 atom stereocenters. The highest BCUT2D eigenvalue weighted by atomic mass is 16.2. The number of aryl methyl sites for hydroxylation is 1. The molecule has 1 aromatic heterocycles. The molecule has 0 unspecified atom stereocenters. The second-order valence-corrected chi connectivity index (χ2v) is 10.9. The normalized spacial score (nSPS) is 12.2. The van der Waals surface area contributed by atoms with Crippen LogP contribution in [0.4, 0.5) is 5.82 Å². The van der Waals surface area contributed by atoms with Crippen LogP contribution in [0, 0.1) is 5.92 Å². The number of anilines is 1. The van der Waals surface area contributed by atoms with Crippen molar-refractivity contribution < 1.29 is 9.59 Å². The Hall–Kier alpha value is -2.63. The summed E-state index contributed by atoms with van der Waals surface area (Å²) >= 11 is 0. The minimum atomic E-state index is -0.291. The van der Waals surface area contributed by atoms with E-state index in [4.69, 9.17) is 5.10 Å². The third-order valence-electron chi connectivity index (χ3n) is 5.20. The average Bonchev–Trinajstić information content (AvgIpc) is 3.11. The fourth-order valence-electron chi connectivity index (χ4n) is 3.43. The first-order chi connectivity index (χ1) is 14.7. The van der Waals surface area contributed by atoms with Crippen LogP contribution in [0.25, 0.3) is 0 Å². The summed E-state index contributed by atoms with van der Waals surface area (Å²) in [5, 5.41) is 7.76. The topological polar surface area (TPSA) is 67.2 Å². The van der Waals surface area contributed by atoms with Crippen molar-refractivity contribution in [1.82, 2.24) is 14.7 Å². The number of carbonyl (C=O) groups excluding carboxylic acids is 2. The highest BCUT2D eigenvalue weighted by molar-refractivity contribution is 5.99. The molecule has 176 valence electrons. The van der Waals surface area contributed by atoms with Gasteiger partial charge in [0.25, 0.3) is 5.91 Å². The molecule has 2 aromatic rings. The molecule has 32 heavy (non-hydrogen) atoms. The zero-order valence-corrected chi connectivity index (χ0v) is 21.2. The van der Waals surface area contributed by atoms with Crippen molar-refractivity contribution in [3.05, 3.63) is 47.2 Å². The van der Waals surface area contributed by atoms with E-state index in [1.54, 1.807) is 4.90 Å². The monoisotopic (exact) mass is 440 g/mol. The van der Waals surface area contributed by atoms with Crippen molar-refractivity contribution in [3.63, 3.8) is 0 Å². The molecule has 2 amide bonds. The molecule has 2 rings (SSSR count). The van der Waals surface area contributed by atoms with E-state index in [2.05, 4.69) is 53.8 Å². The predicted octanol–water partition coefficient (Wildman–Crippen LogP) is 5.23. The van der Waals surface area contributed by atoms with Crippen LogP contribution in [0.5, 0.6) is 0 Å². The molecule has 1 aromatic carbocycles. The van der Waals surface area contributed by atoms with E-state index in [1.807, 2.05) is 48.9 Å². The smallest absolute Gasteiger partial charge is 0.254 e. The second-order valence-electron chi connectivity index (χ2n) is 10.9. The van der Waals surface area contributed by atoms with Crippen LogP contribution in [-0.4, -0.2) is 39.6 Å². The number of nitrogens with one attached hydrogen (secondary N) is 1. The Balaban J connectivity index is 2.25. The Morgan fingerprint density at radius 2 is 1.66 bits per heavy atom. The highest BCUT2D eigenvalue weighted by Gasteiger charge is 2.27. The van der Waals surface area contributed by atoms with Gasteiger partial charge in [-0.25, -0.2) is 4.68 Å². The van der Waals surface area contributed by atoms with E-state index >= 15 is 0 Å². The lowest BCUT2D eigenvalue weighted by atomic mass is 9.92.